The number of halogens is 1. The number of carbonyl (C=O) groups excluding carboxylic acids is 2. The third kappa shape index (κ3) is 3.64. The maximum Gasteiger partial charge on any atom is 0.341 e. The van der Waals surface area contributed by atoms with E-state index in [0.29, 0.717) is 29.0 Å². The third-order valence-electron chi connectivity index (χ3n) is 5.57. The van der Waals surface area contributed by atoms with Crippen LogP contribution in [0.25, 0.3) is 0 Å². The highest BCUT2D eigenvalue weighted by atomic mass is 19.1. The molecule has 1 amide bonds. The van der Waals surface area contributed by atoms with Gasteiger partial charge in [-0.05, 0) is 54.4 Å². The standard InChI is InChI=1S/C24H21FN2O5/c1-14-5-7-16(13-18(14)25)24(9-11-32-20-4-3-10-26-21(20)24)27-22(29)15-6-8-17(19(28)12-15)23(30)31-2/h3-8,10,12-13,28H,9,11H2,1-2H3,(H,27,29)/t24-/m0/s1. The molecule has 0 aliphatic carbocycles. The predicted molar refractivity (Wildman–Crippen MR) is 113 cm³/mol. The number of phenols is 1. The van der Waals surface area contributed by atoms with Crippen molar-refractivity contribution >= 4 is 11.9 Å². The van der Waals surface area contributed by atoms with Crippen LogP contribution in [0.2, 0.25) is 0 Å². The Morgan fingerprint density at radius 2 is 2.03 bits per heavy atom. The van der Waals surface area contributed by atoms with E-state index in [1.54, 1.807) is 37.4 Å². The second-order valence-electron chi connectivity index (χ2n) is 7.50. The molecule has 0 bridgehead atoms. The van der Waals surface area contributed by atoms with Crippen molar-refractivity contribution in [2.24, 2.45) is 0 Å². The number of esters is 1. The summed E-state index contributed by atoms with van der Waals surface area (Å²) in [6.07, 6.45) is 1.90. The van der Waals surface area contributed by atoms with Gasteiger partial charge in [-0.1, -0.05) is 12.1 Å². The van der Waals surface area contributed by atoms with Gasteiger partial charge in [-0.15, -0.1) is 0 Å². The lowest BCUT2D eigenvalue weighted by atomic mass is 9.80. The quantitative estimate of drug-likeness (QED) is 0.608. The number of carbonyl (C=O) groups is 2. The molecule has 0 saturated carbocycles. The molecule has 1 aliphatic rings. The number of methoxy groups -OCH3 is 1. The molecule has 2 N–H and O–H groups in total. The van der Waals surface area contributed by atoms with Crippen LogP contribution in [0.3, 0.4) is 0 Å². The fourth-order valence-electron chi connectivity index (χ4n) is 3.81. The first-order valence-corrected chi connectivity index (χ1v) is 9.94. The number of hydrogen-bond donors (Lipinski definition) is 2. The van der Waals surface area contributed by atoms with Gasteiger partial charge >= 0.3 is 5.97 Å². The van der Waals surface area contributed by atoms with Crippen LogP contribution in [0, 0.1) is 12.7 Å². The van der Waals surface area contributed by atoms with Crippen LogP contribution in [0.4, 0.5) is 4.39 Å². The summed E-state index contributed by atoms with van der Waals surface area (Å²) in [5, 5.41) is 13.2. The van der Waals surface area contributed by atoms with Crippen molar-refractivity contribution in [3.8, 4) is 11.5 Å². The van der Waals surface area contributed by atoms with Gasteiger partial charge in [0.2, 0.25) is 0 Å². The second-order valence-corrected chi connectivity index (χ2v) is 7.50. The van der Waals surface area contributed by atoms with Gasteiger partial charge in [0.15, 0.2) is 0 Å². The van der Waals surface area contributed by atoms with Crippen LogP contribution < -0.4 is 10.1 Å². The molecular weight excluding hydrogens is 415 g/mol. The minimum atomic E-state index is -1.16. The SMILES string of the molecule is COC(=O)c1ccc(C(=O)N[C@]2(c3ccc(C)c(F)c3)CCOc3cccnc32)cc1O. The van der Waals surface area contributed by atoms with Crippen molar-refractivity contribution in [3.63, 3.8) is 0 Å². The van der Waals surface area contributed by atoms with E-state index >= 15 is 0 Å². The number of pyridine rings is 1. The van der Waals surface area contributed by atoms with Crippen molar-refractivity contribution in [2.45, 2.75) is 18.9 Å². The van der Waals surface area contributed by atoms with Gasteiger partial charge in [-0.3, -0.25) is 9.78 Å². The Morgan fingerprint density at radius 3 is 2.75 bits per heavy atom. The Morgan fingerprint density at radius 1 is 1.22 bits per heavy atom. The number of ether oxygens (including phenoxy) is 2. The highest BCUT2D eigenvalue weighted by molar-refractivity contribution is 5.98. The van der Waals surface area contributed by atoms with Crippen molar-refractivity contribution < 1.29 is 28.6 Å². The zero-order chi connectivity index (χ0) is 22.9. The van der Waals surface area contributed by atoms with Crippen LogP contribution in [0.1, 0.15) is 44.0 Å². The Kier molecular flexibility index (Phi) is 5.52. The molecule has 3 aromatic rings. The number of nitrogens with zero attached hydrogens (tertiary/aromatic N) is 1. The van der Waals surface area contributed by atoms with Crippen LogP contribution >= 0.6 is 0 Å². The van der Waals surface area contributed by atoms with E-state index in [1.165, 1.54) is 31.4 Å². The van der Waals surface area contributed by atoms with E-state index in [1.807, 2.05) is 0 Å². The average Bonchev–Trinajstić information content (AvgIpc) is 2.80. The molecule has 4 rings (SSSR count). The van der Waals surface area contributed by atoms with Crippen molar-refractivity contribution in [1.29, 1.82) is 0 Å². The third-order valence-corrected chi connectivity index (χ3v) is 5.57. The summed E-state index contributed by atoms with van der Waals surface area (Å²) >= 11 is 0. The van der Waals surface area contributed by atoms with Crippen molar-refractivity contribution in [2.75, 3.05) is 13.7 Å². The number of hydrogen-bond acceptors (Lipinski definition) is 6. The maximum atomic E-state index is 14.5. The number of benzene rings is 2. The molecule has 1 aromatic heterocycles. The van der Waals surface area contributed by atoms with Crippen molar-refractivity contribution in [1.82, 2.24) is 10.3 Å². The van der Waals surface area contributed by atoms with Gasteiger partial charge in [0.05, 0.1) is 13.7 Å². The van der Waals surface area contributed by atoms with E-state index in [9.17, 15) is 19.1 Å². The molecule has 1 aliphatic heterocycles. The Hall–Kier alpha value is -3.94. The molecule has 32 heavy (non-hydrogen) atoms. The number of aryl methyl sites for hydroxylation is 1. The van der Waals surface area contributed by atoms with Crippen LogP contribution in [-0.2, 0) is 10.3 Å². The maximum absolute atomic E-state index is 14.5. The predicted octanol–water partition coefficient (Wildman–Crippen LogP) is 3.48. The van der Waals surface area contributed by atoms with E-state index in [2.05, 4.69) is 15.0 Å². The number of aromatic hydroxyl groups is 1. The van der Waals surface area contributed by atoms with Crippen molar-refractivity contribution in [3.05, 3.63) is 88.5 Å². The Labute approximate surface area is 183 Å². The first-order chi connectivity index (χ1) is 15.4. The van der Waals surface area contributed by atoms with E-state index < -0.39 is 23.2 Å². The minimum Gasteiger partial charge on any atom is -0.507 e. The van der Waals surface area contributed by atoms with Crippen LogP contribution in [0.5, 0.6) is 11.5 Å². The molecule has 0 unspecified atom stereocenters. The lowest BCUT2D eigenvalue weighted by Crippen LogP contribution is -2.50. The molecule has 2 heterocycles. The number of aromatic nitrogens is 1. The summed E-state index contributed by atoms with van der Waals surface area (Å²) < 4.78 is 24.8. The molecule has 0 spiro atoms. The summed E-state index contributed by atoms with van der Waals surface area (Å²) in [5.41, 5.74) is 0.359. The molecule has 0 fully saturated rings. The van der Waals surface area contributed by atoms with E-state index in [4.69, 9.17) is 4.74 Å². The monoisotopic (exact) mass is 436 g/mol. The molecular formula is C24H21FN2O5. The van der Waals surface area contributed by atoms with Gasteiger partial charge in [0.1, 0.15) is 34.1 Å². The number of nitrogens with one attached hydrogen (secondary N) is 1. The lowest BCUT2D eigenvalue weighted by molar-refractivity contribution is 0.0596. The zero-order valence-electron chi connectivity index (χ0n) is 17.5. The fourth-order valence-corrected chi connectivity index (χ4v) is 3.81. The second kappa shape index (κ2) is 8.30. The minimum absolute atomic E-state index is 0.0579. The topological polar surface area (TPSA) is 97.8 Å². The molecule has 1 atom stereocenters. The molecule has 2 aromatic carbocycles. The van der Waals surface area contributed by atoms with Gasteiger partial charge in [-0.2, -0.15) is 0 Å². The van der Waals surface area contributed by atoms with Crippen LogP contribution in [0.15, 0.2) is 54.7 Å². The Bertz CT molecular complexity index is 1210. The largest absolute Gasteiger partial charge is 0.507 e. The van der Waals surface area contributed by atoms with Gasteiger partial charge in [0.25, 0.3) is 5.91 Å². The first-order valence-electron chi connectivity index (χ1n) is 9.94. The summed E-state index contributed by atoms with van der Waals surface area (Å²) in [4.78, 5) is 29.4. The van der Waals surface area contributed by atoms with E-state index in [0.717, 1.165) is 0 Å². The van der Waals surface area contributed by atoms with Gasteiger partial charge < -0.3 is 19.9 Å². The van der Waals surface area contributed by atoms with Gasteiger partial charge in [0, 0.05) is 18.2 Å². The average molecular weight is 436 g/mol. The number of phenolic OH excluding ortho intramolecular Hbond substituents is 1. The normalized spacial score (nSPS) is 17.1. The summed E-state index contributed by atoms with van der Waals surface area (Å²) in [6.45, 7) is 1.94. The number of rotatable bonds is 4. The first kappa shape index (κ1) is 21.3. The summed E-state index contributed by atoms with van der Waals surface area (Å²) in [5.74, 6) is -1.55. The highest BCUT2D eigenvalue weighted by Gasteiger charge is 2.43. The highest BCUT2D eigenvalue weighted by Crippen LogP contribution is 2.41. The number of amides is 1. The van der Waals surface area contributed by atoms with Gasteiger partial charge in [-0.25, -0.2) is 9.18 Å². The lowest BCUT2D eigenvalue weighted by Gasteiger charge is -2.39. The van der Waals surface area contributed by atoms with Crippen LogP contribution in [-0.4, -0.2) is 35.7 Å². The Balaban J connectivity index is 1.79. The van der Waals surface area contributed by atoms with E-state index in [-0.39, 0.29) is 23.5 Å². The molecule has 0 saturated heterocycles. The smallest absolute Gasteiger partial charge is 0.341 e. The number of fused-ring (bicyclic) bond motifs is 1. The molecule has 8 heteroatoms. The summed E-state index contributed by atoms with van der Waals surface area (Å²) in [7, 11) is 1.20. The zero-order valence-corrected chi connectivity index (χ0v) is 17.5. The molecule has 164 valence electrons. The summed E-state index contributed by atoms with van der Waals surface area (Å²) in [6, 6.07) is 12.1. The fraction of sp³-hybridized carbons (Fsp3) is 0.208. The molecule has 7 nitrogen and oxygen atoms in total. The molecule has 0 radical (unpaired) electrons.